The number of amides is 1. The summed E-state index contributed by atoms with van der Waals surface area (Å²) in [5, 5.41) is 3.12. The second-order valence-corrected chi connectivity index (χ2v) is 8.51. The smallest absolute Gasteiger partial charge is 0.261 e. The van der Waals surface area contributed by atoms with Crippen LogP contribution in [0.15, 0.2) is 30.3 Å². The molecule has 1 aromatic heterocycles. The van der Waals surface area contributed by atoms with Crippen LogP contribution < -0.4 is 10.1 Å². The zero-order chi connectivity index (χ0) is 18.1. The third kappa shape index (κ3) is 3.51. The van der Waals surface area contributed by atoms with Crippen LogP contribution in [0.1, 0.15) is 64.3 Å². The van der Waals surface area contributed by atoms with E-state index in [4.69, 9.17) is 4.74 Å². The zero-order valence-electron chi connectivity index (χ0n) is 15.5. The molecular formula is C21H26N2O2S. The van der Waals surface area contributed by atoms with Gasteiger partial charge in [-0.05, 0) is 49.1 Å². The molecule has 4 rings (SSSR count). The maximum absolute atomic E-state index is 12.7. The number of nitrogens with zero attached hydrogens (tertiary/aromatic N) is 1. The Hall–Kier alpha value is -1.85. The lowest BCUT2D eigenvalue weighted by Gasteiger charge is -2.22. The highest BCUT2D eigenvalue weighted by Crippen LogP contribution is 2.36. The number of benzene rings is 1. The summed E-state index contributed by atoms with van der Waals surface area (Å²) in [5.41, 5.74) is 2.43. The summed E-state index contributed by atoms with van der Waals surface area (Å²) in [6.45, 7) is 4.05. The number of thiophene rings is 1. The summed E-state index contributed by atoms with van der Waals surface area (Å²) in [7, 11) is 1.66. The molecule has 26 heavy (non-hydrogen) atoms. The molecule has 1 aromatic carbocycles. The Balaban J connectivity index is 1.38. The number of carbonyl (C=O) groups excluding carboxylic acids is 1. The van der Waals surface area contributed by atoms with Crippen LogP contribution in [0, 0.1) is 0 Å². The molecule has 1 N–H and O–H groups in total. The molecular weight excluding hydrogens is 344 g/mol. The quantitative estimate of drug-likeness (QED) is 0.842. The summed E-state index contributed by atoms with van der Waals surface area (Å²) in [6, 6.07) is 10.7. The van der Waals surface area contributed by atoms with Crippen LogP contribution >= 0.6 is 11.3 Å². The van der Waals surface area contributed by atoms with E-state index >= 15 is 0 Å². The molecule has 1 fully saturated rings. The van der Waals surface area contributed by atoms with E-state index in [1.54, 1.807) is 18.4 Å². The van der Waals surface area contributed by atoms with E-state index in [2.05, 4.69) is 16.3 Å². The monoisotopic (exact) mass is 370 g/mol. The first-order valence-corrected chi connectivity index (χ1v) is 10.3. The maximum atomic E-state index is 12.7. The molecule has 1 aliphatic carbocycles. The zero-order valence-corrected chi connectivity index (χ0v) is 16.3. The first kappa shape index (κ1) is 17.6. The number of carbonyl (C=O) groups is 1. The van der Waals surface area contributed by atoms with E-state index < -0.39 is 0 Å². The summed E-state index contributed by atoms with van der Waals surface area (Å²) >= 11 is 1.66. The third-order valence-corrected chi connectivity index (χ3v) is 6.81. The minimum Gasteiger partial charge on any atom is -0.497 e. The molecule has 4 nitrogen and oxygen atoms in total. The van der Waals surface area contributed by atoms with Gasteiger partial charge >= 0.3 is 0 Å². The van der Waals surface area contributed by atoms with Crippen molar-refractivity contribution in [1.29, 1.82) is 0 Å². The van der Waals surface area contributed by atoms with Gasteiger partial charge in [0.2, 0.25) is 0 Å². The highest BCUT2D eigenvalue weighted by atomic mass is 32.1. The first-order chi connectivity index (χ1) is 12.6. The Bertz CT molecular complexity index is 754. The minimum atomic E-state index is -0.0275. The maximum Gasteiger partial charge on any atom is 0.261 e. The molecule has 2 aliphatic rings. The second-order valence-electron chi connectivity index (χ2n) is 7.37. The number of hydrogen-bond acceptors (Lipinski definition) is 4. The van der Waals surface area contributed by atoms with Gasteiger partial charge in [0.15, 0.2) is 0 Å². The van der Waals surface area contributed by atoms with Crippen LogP contribution in [-0.4, -0.2) is 24.0 Å². The number of rotatable bonds is 5. The van der Waals surface area contributed by atoms with Crippen molar-refractivity contribution in [1.82, 2.24) is 10.2 Å². The van der Waals surface area contributed by atoms with Gasteiger partial charge in [0.05, 0.1) is 18.0 Å². The average Bonchev–Trinajstić information content (AvgIpc) is 3.36. The fraction of sp³-hybridized carbons (Fsp3) is 0.476. The molecule has 0 unspecified atom stereocenters. The predicted octanol–water partition coefficient (Wildman–Crippen LogP) is 4.51. The number of fused-ring (bicyclic) bond motifs is 1. The first-order valence-electron chi connectivity index (χ1n) is 9.44. The Morgan fingerprint density at radius 2 is 1.96 bits per heavy atom. The molecule has 1 aliphatic heterocycles. The molecule has 138 valence electrons. The van der Waals surface area contributed by atoms with Crippen molar-refractivity contribution in [2.45, 2.75) is 57.8 Å². The molecule has 0 spiro atoms. The van der Waals surface area contributed by atoms with Crippen molar-refractivity contribution >= 4 is 17.2 Å². The normalized spacial score (nSPS) is 18.7. The van der Waals surface area contributed by atoms with E-state index in [0.29, 0.717) is 0 Å². The van der Waals surface area contributed by atoms with Crippen molar-refractivity contribution in [3.63, 3.8) is 0 Å². The standard InChI is InChI=1S/C21H26N2O2S/c1-14(15-7-9-18(25-2)10-8-15)22-21(24)19-11-16-12-23(13-20(16)26-19)17-5-3-4-6-17/h7-11,14,17H,3-6,12-13H2,1-2H3,(H,22,24)/t14-/m1/s1. The van der Waals surface area contributed by atoms with E-state index in [-0.39, 0.29) is 11.9 Å². The number of hydrogen-bond donors (Lipinski definition) is 1. The SMILES string of the molecule is COc1ccc([C@@H](C)NC(=O)c2cc3c(s2)CN(C2CCCC2)C3)cc1. The van der Waals surface area contributed by atoms with Gasteiger partial charge in [-0.15, -0.1) is 11.3 Å². The molecule has 2 aromatic rings. The van der Waals surface area contributed by atoms with Crippen molar-refractivity contribution in [3.8, 4) is 5.75 Å². The molecule has 0 bridgehead atoms. The highest BCUT2D eigenvalue weighted by Gasteiger charge is 2.30. The van der Waals surface area contributed by atoms with E-state index in [1.807, 2.05) is 31.2 Å². The number of ether oxygens (including phenoxy) is 1. The van der Waals surface area contributed by atoms with Gasteiger partial charge in [-0.3, -0.25) is 9.69 Å². The lowest BCUT2D eigenvalue weighted by molar-refractivity contribution is 0.0944. The highest BCUT2D eigenvalue weighted by molar-refractivity contribution is 7.14. The molecule has 0 saturated heterocycles. The molecule has 1 atom stereocenters. The summed E-state index contributed by atoms with van der Waals surface area (Å²) in [5.74, 6) is 0.855. The topological polar surface area (TPSA) is 41.6 Å². The van der Waals surface area contributed by atoms with Gasteiger partial charge in [0.25, 0.3) is 5.91 Å². The third-order valence-electron chi connectivity index (χ3n) is 5.65. The van der Waals surface area contributed by atoms with Gasteiger partial charge in [-0.2, -0.15) is 0 Å². The lowest BCUT2D eigenvalue weighted by Crippen LogP contribution is -2.28. The largest absolute Gasteiger partial charge is 0.497 e. The van der Waals surface area contributed by atoms with Crippen LogP contribution in [0.25, 0.3) is 0 Å². The van der Waals surface area contributed by atoms with E-state index in [9.17, 15) is 4.79 Å². The molecule has 5 heteroatoms. The van der Waals surface area contributed by atoms with Gasteiger partial charge in [0, 0.05) is 24.0 Å². The van der Waals surface area contributed by atoms with Crippen molar-refractivity contribution in [3.05, 3.63) is 51.2 Å². The predicted molar refractivity (Wildman–Crippen MR) is 105 cm³/mol. The Kier molecular flexibility index (Phi) is 5.00. The number of methoxy groups -OCH3 is 1. The van der Waals surface area contributed by atoms with Crippen LogP contribution in [0.5, 0.6) is 5.75 Å². The Labute approximate surface area is 159 Å². The molecule has 1 amide bonds. The lowest BCUT2D eigenvalue weighted by atomic mass is 10.1. The number of nitrogens with one attached hydrogen (secondary N) is 1. The summed E-state index contributed by atoms with van der Waals surface area (Å²) in [6.07, 6.45) is 5.40. The van der Waals surface area contributed by atoms with Crippen LogP contribution in [0.4, 0.5) is 0 Å². The summed E-state index contributed by atoms with van der Waals surface area (Å²) in [4.78, 5) is 17.5. The fourth-order valence-corrected chi connectivity index (χ4v) is 5.18. The van der Waals surface area contributed by atoms with Gasteiger partial charge < -0.3 is 10.1 Å². The van der Waals surface area contributed by atoms with E-state index in [0.717, 1.165) is 35.3 Å². The molecule has 0 radical (unpaired) electrons. The van der Waals surface area contributed by atoms with Crippen molar-refractivity contribution < 1.29 is 9.53 Å². The van der Waals surface area contributed by atoms with Gasteiger partial charge in [-0.1, -0.05) is 25.0 Å². The minimum absolute atomic E-state index is 0.0275. The van der Waals surface area contributed by atoms with Crippen molar-refractivity contribution in [2.24, 2.45) is 0 Å². The Morgan fingerprint density at radius 3 is 2.62 bits per heavy atom. The second kappa shape index (κ2) is 7.41. The molecule has 1 saturated carbocycles. The average molecular weight is 371 g/mol. The fourth-order valence-electron chi connectivity index (χ4n) is 4.08. The van der Waals surface area contributed by atoms with Crippen LogP contribution in [0.3, 0.4) is 0 Å². The van der Waals surface area contributed by atoms with Gasteiger partial charge in [-0.25, -0.2) is 0 Å². The molecule has 2 heterocycles. The van der Waals surface area contributed by atoms with Crippen LogP contribution in [0.2, 0.25) is 0 Å². The Morgan fingerprint density at radius 1 is 1.23 bits per heavy atom. The summed E-state index contributed by atoms with van der Waals surface area (Å²) < 4.78 is 5.19. The van der Waals surface area contributed by atoms with Gasteiger partial charge in [0.1, 0.15) is 5.75 Å². The van der Waals surface area contributed by atoms with E-state index in [1.165, 1.54) is 36.1 Å². The van der Waals surface area contributed by atoms with Crippen LogP contribution in [-0.2, 0) is 13.1 Å². The van der Waals surface area contributed by atoms with Crippen molar-refractivity contribution in [2.75, 3.05) is 7.11 Å².